The number of piperidine rings is 1. The van der Waals surface area contributed by atoms with Gasteiger partial charge >= 0.3 is 18.4 Å². The number of rotatable bonds is 1. The van der Waals surface area contributed by atoms with Crippen molar-refractivity contribution in [1.29, 1.82) is 0 Å². The molecule has 0 aromatic rings. The van der Waals surface area contributed by atoms with Crippen molar-refractivity contribution in [3.8, 4) is 0 Å². The Morgan fingerprint density at radius 2 is 1.52 bits per heavy atom. The van der Waals surface area contributed by atoms with Crippen LogP contribution in [0, 0.1) is 0 Å². The summed E-state index contributed by atoms with van der Waals surface area (Å²) in [5.41, 5.74) is -0.107. The predicted octanol–water partition coefficient (Wildman–Crippen LogP) is 3.18. The number of halogens is 6. The van der Waals surface area contributed by atoms with Crippen molar-refractivity contribution >= 4 is 6.09 Å². The summed E-state index contributed by atoms with van der Waals surface area (Å²) in [6.45, 7) is 1.08. The number of amides is 1. The second-order valence-corrected chi connectivity index (χ2v) is 6.08. The van der Waals surface area contributed by atoms with Crippen LogP contribution in [0.5, 0.6) is 0 Å². The van der Waals surface area contributed by atoms with E-state index in [9.17, 15) is 31.1 Å². The molecule has 0 saturated carbocycles. The van der Waals surface area contributed by atoms with E-state index in [4.69, 9.17) is 0 Å². The number of carbonyl (C=O) groups excluding carboxylic acids is 1. The molecule has 10 heteroatoms. The Labute approximate surface area is 129 Å². The second kappa shape index (κ2) is 6.03. The molecule has 0 unspecified atom stereocenters. The van der Waals surface area contributed by atoms with Gasteiger partial charge in [-0.1, -0.05) is 0 Å². The van der Waals surface area contributed by atoms with Crippen LogP contribution in [0.15, 0.2) is 0 Å². The molecule has 1 amide bonds. The van der Waals surface area contributed by atoms with Crippen LogP contribution in [0.4, 0.5) is 31.1 Å². The highest BCUT2D eigenvalue weighted by molar-refractivity contribution is 5.68. The maximum absolute atomic E-state index is 12.4. The van der Waals surface area contributed by atoms with Crippen LogP contribution in [0.2, 0.25) is 0 Å². The SMILES string of the molecule is CN1CCCC12CCN(C(=O)OC(C(F)(F)F)C(F)(F)F)CC2. The number of hydrogen-bond acceptors (Lipinski definition) is 3. The molecule has 0 aliphatic carbocycles. The minimum absolute atomic E-state index is 0.0889. The Bertz CT molecular complexity index is 429. The third kappa shape index (κ3) is 3.84. The fourth-order valence-corrected chi connectivity index (χ4v) is 3.31. The first kappa shape index (κ1) is 18.2. The molecule has 0 bridgehead atoms. The molecule has 134 valence electrons. The summed E-state index contributed by atoms with van der Waals surface area (Å²) >= 11 is 0. The number of likely N-dealkylation sites (tertiary alicyclic amines) is 2. The molecule has 2 rings (SSSR count). The van der Waals surface area contributed by atoms with Crippen LogP contribution < -0.4 is 0 Å². The quantitative estimate of drug-likeness (QED) is 0.683. The van der Waals surface area contributed by atoms with E-state index in [-0.39, 0.29) is 18.6 Å². The van der Waals surface area contributed by atoms with Gasteiger partial charge in [0.15, 0.2) is 0 Å². The van der Waals surface area contributed by atoms with Crippen molar-refractivity contribution in [1.82, 2.24) is 9.80 Å². The number of alkyl halides is 6. The first-order valence-electron chi connectivity index (χ1n) is 7.26. The van der Waals surface area contributed by atoms with E-state index in [1.807, 2.05) is 7.05 Å². The summed E-state index contributed by atoms with van der Waals surface area (Å²) in [6, 6.07) is 0. The van der Waals surface area contributed by atoms with Gasteiger partial charge in [0.25, 0.3) is 6.10 Å². The number of hydrogen-bond donors (Lipinski definition) is 0. The first-order valence-corrected chi connectivity index (χ1v) is 7.26. The Morgan fingerprint density at radius 1 is 1.00 bits per heavy atom. The van der Waals surface area contributed by atoms with E-state index in [0.717, 1.165) is 24.3 Å². The summed E-state index contributed by atoms with van der Waals surface area (Å²) < 4.78 is 78.2. The van der Waals surface area contributed by atoms with Gasteiger partial charge in [0.05, 0.1) is 0 Å². The van der Waals surface area contributed by atoms with Crippen molar-refractivity contribution in [3.05, 3.63) is 0 Å². The molecular weight excluding hydrogens is 330 g/mol. The maximum Gasteiger partial charge on any atom is 0.434 e. The highest BCUT2D eigenvalue weighted by atomic mass is 19.4. The highest BCUT2D eigenvalue weighted by Gasteiger charge is 2.60. The lowest BCUT2D eigenvalue weighted by Gasteiger charge is -2.43. The fourth-order valence-electron chi connectivity index (χ4n) is 3.31. The lowest BCUT2D eigenvalue weighted by Crippen LogP contribution is -2.54. The van der Waals surface area contributed by atoms with Crippen LogP contribution in [0.25, 0.3) is 0 Å². The van der Waals surface area contributed by atoms with Crippen LogP contribution in [-0.4, -0.2) is 66.6 Å². The summed E-state index contributed by atoms with van der Waals surface area (Å²) in [5.74, 6) is 0. The summed E-state index contributed by atoms with van der Waals surface area (Å²) in [6.07, 6.45) is -14.1. The molecule has 23 heavy (non-hydrogen) atoms. The molecule has 4 nitrogen and oxygen atoms in total. The number of ether oxygens (including phenoxy) is 1. The van der Waals surface area contributed by atoms with Crippen LogP contribution in [0.3, 0.4) is 0 Å². The molecule has 2 aliphatic heterocycles. The molecule has 0 radical (unpaired) electrons. The van der Waals surface area contributed by atoms with Crippen molar-refractivity contribution < 1.29 is 35.9 Å². The Hall–Kier alpha value is -1.19. The number of carbonyl (C=O) groups is 1. The van der Waals surface area contributed by atoms with E-state index >= 15 is 0 Å². The van der Waals surface area contributed by atoms with E-state index in [0.29, 0.717) is 12.8 Å². The number of nitrogens with zero attached hydrogens (tertiary/aromatic N) is 2. The minimum Gasteiger partial charge on any atom is -0.426 e. The maximum atomic E-state index is 12.4. The van der Waals surface area contributed by atoms with E-state index < -0.39 is 24.5 Å². The molecule has 2 fully saturated rings. The average Bonchev–Trinajstić information content (AvgIpc) is 2.75. The Morgan fingerprint density at radius 3 is 1.91 bits per heavy atom. The molecule has 1 spiro atoms. The Kier molecular flexibility index (Phi) is 4.76. The van der Waals surface area contributed by atoms with E-state index in [2.05, 4.69) is 9.64 Å². The first-order chi connectivity index (χ1) is 10.5. The van der Waals surface area contributed by atoms with Gasteiger partial charge < -0.3 is 14.5 Å². The zero-order chi connectivity index (χ0) is 17.5. The zero-order valence-corrected chi connectivity index (χ0v) is 12.5. The van der Waals surface area contributed by atoms with Crippen molar-refractivity contribution in [2.45, 2.75) is 49.7 Å². The van der Waals surface area contributed by atoms with Gasteiger partial charge in [-0.25, -0.2) is 4.79 Å². The molecule has 0 N–H and O–H groups in total. The van der Waals surface area contributed by atoms with Crippen LogP contribution >= 0.6 is 0 Å². The average molecular weight is 348 g/mol. The van der Waals surface area contributed by atoms with Gasteiger partial charge in [0.2, 0.25) is 0 Å². The van der Waals surface area contributed by atoms with E-state index in [1.165, 1.54) is 0 Å². The van der Waals surface area contributed by atoms with E-state index in [1.54, 1.807) is 0 Å². The third-order valence-electron chi connectivity index (χ3n) is 4.71. The molecular formula is C13H18F6N2O2. The van der Waals surface area contributed by atoms with Gasteiger partial charge in [0.1, 0.15) is 0 Å². The summed E-state index contributed by atoms with van der Waals surface area (Å²) in [5, 5.41) is 0. The largest absolute Gasteiger partial charge is 0.434 e. The Balaban J connectivity index is 1.97. The van der Waals surface area contributed by atoms with Gasteiger partial charge in [-0.05, 0) is 39.3 Å². The highest BCUT2D eigenvalue weighted by Crippen LogP contribution is 2.39. The lowest BCUT2D eigenvalue weighted by molar-refractivity contribution is -0.308. The van der Waals surface area contributed by atoms with Crippen LogP contribution in [-0.2, 0) is 4.74 Å². The monoisotopic (exact) mass is 348 g/mol. The smallest absolute Gasteiger partial charge is 0.426 e. The third-order valence-corrected chi connectivity index (χ3v) is 4.71. The van der Waals surface area contributed by atoms with Gasteiger partial charge in [-0.15, -0.1) is 0 Å². The molecule has 2 heterocycles. The van der Waals surface area contributed by atoms with Gasteiger partial charge in [0, 0.05) is 18.6 Å². The van der Waals surface area contributed by atoms with Gasteiger partial charge in [-0.2, -0.15) is 26.3 Å². The molecule has 0 aromatic carbocycles. The minimum atomic E-state index is -5.68. The molecule has 0 atom stereocenters. The summed E-state index contributed by atoms with van der Waals surface area (Å²) in [7, 11) is 1.93. The zero-order valence-electron chi connectivity index (χ0n) is 12.5. The second-order valence-electron chi connectivity index (χ2n) is 6.08. The van der Waals surface area contributed by atoms with Crippen LogP contribution in [0.1, 0.15) is 25.7 Å². The van der Waals surface area contributed by atoms with Crippen molar-refractivity contribution in [3.63, 3.8) is 0 Å². The molecule has 0 aromatic heterocycles. The predicted molar refractivity (Wildman–Crippen MR) is 67.8 cm³/mol. The molecule has 2 aliphatic rings. The topological polar surface area (TPSA) is 32.8 Å². The van der Waals surface area contributed by atoms with Crippen molar-refractivity contribution in [2.75, 3.05) is 26.7 Å². The van der Waals surface area contributed by atoms with Gasteiger partial charge in [-0.3, -0.25) is 0 Å². The molecule has 2 saturated heterocycles. The lowest BCUT2D eigenvalue weighted by atomic mass is 9.85. The standard InChI is InChI=1S/C13H18F6N2O2/c1-20-6-2-3-11(20)4-7-21(8-5-11)10(22)23-9(12(14,15)16)13(17,18)19/h9H,2-8H2,1H3. The summed E-state index contributed by atoms with van der Waals surface area (Å²) in [4.78, 5) is 14.7. The normalized spacial score (nSPS) is 22.9. The fraction of sp³-hybridized carbons (Fsp3) is 0.923. The van der Waals surface area contributed by atoms with Crippen molar-refractivity contribution in [2.24, 2.45) is 0 Å².